The predicted octanol–water partition coefficient (Wildman–Crippen LogP) is 5.49. The number of hydrogen-bond donors (Lipinski definition) is 0. The molecule has 2 aromatic rings. The Bertz CT molecular complexity index is 594. The Labute approximate surface area is 139 Å². The molecule has 0 heterocycles. The zero-order valence-electron chi connectivity index (χ0n) is 13.2. The Morgan fingerprint density at radius 2 is 1.57 bits per heavy atom. The van der Waals surface area contributed by atoms with Gasteiger partial charge < -0.3 is 4.90 Å². The Balaban J connectivity index is 2.14. The summed E-state index contributed by atoms with van der Waals surface area (Å²) in [5.74, 6) is 0. The predicted molar refractivity (Wildman–Crippen MR) is 89.7 cm³/mol. The molecule has 0 saturated carbocycles. The summed E-state index contributed by atoms with van der Waals surface area (Å²) in [5, 5.41) is 0.218. The highest BCUT2D eigenvalue weighted by atomic mass is 32.2. The van der Waals surface area contributed by atoms with Crippen molar-refractivity contribution in [3.8, 4) is 0 Å². The monoisotopic (exact) mass is 339 g/mol. The van der Waals surface area contributed by atoms with Crippen molar-refractivity contribution in [2.24, 2.45) is 0 Å². The number of rotatable bonds is 6. The molecule has 0 fully saturated rings. The van der Waals surface area contributed by atoms with Crippen LogP contribution in [0.4, 0.5) is 13.2 Å². The van der Waals surface area contributed by atoms with Crippen LogP contribution in [0, 0.1) is 0 Å². The van der Waals surface area contributed by atoms with Gasteiger partial charge in [-0.15, -0.1) is 11.8 Å². The molecule has 0 aromatic heterocycles. The Morgan fingerprint density at radius 1 is 0.957 bits per heavy atom. The maximum Gasteiger partial charge on any atom is 0.416 e. The number of nitrogens with zero attached hydrogens (tertiary/aromatic N) is 1. The second-order valence-corrected chi connectivity index (χ2v) is 6.91. The summed E-state index contributed by atoms with van der Waals surface area (Å²) < 4.78 is 37.9. The molecule has 2 rings (SSSR count). The minimum Gasteiger partial charge on any atom is -0.309 e. The van der Waals surface area contributed by atoms with Crippen LogP contribution in [0.3, 0.4) is 0 Å². The number of alkyl halides is 3. The van der Waals surface area contributed by atoms with Crippen LogP contribution in [0.5, 0.6) is 0 Å². The van der Waals surface area contributed by atoms with Gasteiger partial charge in [-0.2, -0.15) is 13.2 Å². The quantitative estimate of drug-likeness (QED) is 0.640. The molecule has 0 bridgehead atoms. The molecule has 124 valence electrons. The highest BCUT2D eigenvalue weighted by Gasteiger charge is 2.30. The third-order valence-corrected chi connectivity index (χ3v) is 4.81. The second kappa shape index (κ2) is 7.88. The van der Waals surface area contributed by atoms with Crippen molar-refractivity contribution in [1.29, 1.82) is 0 Å². The fraction of sp³-hybridized carbons (Fsp3) is 0.333. The van der Waals surface area contributed by atoms with Gasteiger partial charge in [-0.1, -0.05) is 30.3 Å². The number of halogens is 3. The van der Waals surface area contributed by atoms with Gasteiger partial charge in [0.1, 0.15) is 0 Å². The van der Waals surface area contributed by atoms with E-state index in [1.54, 1.807) is 23.9 Å². The van der Waals surface area contributed by atoms with Crippen LogP contribution in [-0.2, 0) is 6.18 Å². The normalized spacial score (nSPS) is 13.3. The minimum atomic E-state index is -4.28. The molecule has 0 aliphatic heterocycles. The van der Waals surface area contributed by atoms with E-state index < -0.39 is 11.7 Å². The van der Waals surface area contributed by atoms with E-state index in [9.17, 15) is 13.2 Å². The fourth-order valence-electron chi connectivity index (χ4n) is 2.22. The summed E-state index contributed by atoms with van der Waals surface area (Å²) in [4.78, 5) is 2.97. The van der Waals surface area contributed by atoms with Gasteiger partial charge in [0.05, 0.1) is 5.56 Å². The van der Waals surface area contributed by atoms with Crippen LogP contribution < -0.4 is 0 Å². The van der Waals surface area contributed by atoms with Gasteiger partial charge in [-0.05, 0) is 56.9 Å². The van der Waals surface area contributed by atoms with Crippen molar-refractivity contribution in [2.45, 2.75) is 22.7 Å². The Hall–Kier alpha value is -1.46. The molecule has 0 aliphatic rings. The van der Waals surface area contributed by atoms with Gasteiger partial charge in [0.25, 0.3) is 0 Å². The van der Waals surface area contributed by atoms with E-state index >= 15 is 0 Å². The van der Waals surface area contributed by atoms with Crippen LogP contribution in [0.1, 0.15) is 22.8 Å². The molecule has 5 heteroatoms. The molecule has 1 atom stereocenters. The van der Waals surface area contributed by atoms with E-state index in [4.69, 9.17) is 0 Å². The van der Waals surface area contributed by atoms with Crippen molar-refractivity contribution < 1.29 is 13.2 Å². The molecule has 0 aliphatic carbocycles. The molecule has 0 radical (unpaired) electrons. The first-order valence-electron chi connectivity index (χ1n) is 7.40. The van der Waals surface area contributed by atoms with Crippen molar-refractivity contribution in [1.82, 2.24) is 4.90 Å². The summed E-state index contributed by atoms with van der Waals surface area (Å²) in [7, 11) is 4.04. The summed E-state index contributed by atoms with van der Waals surface area (Å²) >= 11 is 1.61. The van der Waals surface area contributed by atoms with Crippen LogP contribution in [-0.4, -0.2) is 25.5 Å². The lowest BCUT2D eigenvalue weighted by atomic mass is 10.1. The lowest BCUT2D eigenvalue weighted by Crippen LogP contribution is -2.15. The summed E-state index contributed by atoms with van der Waals surface area (Å²) in [6.45, 7) is 0.924. The van der Waals surface area contributed by atoms with Gasteiger partial charge >= 0.3 is 6.18 Å². The molecule has 1 unspecified atom stereocenters. The zero-order chi connectivity index (χ0) is 16.9. The maximum atomic E-state index is 12.6. The number of benzene rings is 2. The average Bonchev–Trinajstić information content (AvgIpc) is 2.51. The maximum absolute atomic E-state index is 12.6. The van der Waals surface area contributed by atoms with E-state index in [0.29, 0.717) is 0 Å². The van der Waals surface area contributed by atoms with E-state index in [1.807, 2.05) is 32.3 Å². The van der Waals surface area contributed by atoms with Crippen molar-refractivity contribution in [3.63, 3.8) is 0 Å². The molecule has 23 heavy (non-hydrogen) atoms. The van der Waals surface area contributed by atoms with Crippen LogP contribution >= 0.6 is 11.8 Å². The first-order valence-corrected chi connectivity index (χ1v) is 8.28. The third-order valence-electron chi connectivity index (χ3n) is 3.47. The molecular formula is C18H20F3NS. The molecule has 1 nitrogen and oxygen atoms in total. The molecule has 0 saturated heterocycles. The van der Waals surface area contributed by atoms with Crippen molar-refractivity contribution >= 4 is 11.8 Å². The highest BCUT2D eigenvalue weighted by molar-refractivity contribution is 7.99. The smallest absolute Gasteiger partial charge is 0.309 e. The zero-order valence-corrected chi connectivity index (χ0v) is 14.0. The Morgan fingerprint density at radius 3 is 2.09 bits per heavy atom. The van der Waals surface area contributed by atoms with E-state index in [2.05, 4.69) is 17.0 Å². The van der Waals surface area contributed by atoms with Gasteiger partial charge in [0, 0.05) is 10.1 Å². The van der Waals surface area contributed by atoms with E-state index in [0.717, 1.165) is 30.0 Å². The summed E-state index contributed by atoms with van der Waals surface area (Å²) in [6, 6.07) is 15.5. The lowest BCUT2D eigenvalue weighted by molar-refractivity contribution is -0.137. The topological polar surface area (TPSA) is 3.24 Å². The standard InChI is InChI=1S/C18H20F3NS/c1-22(2)13-12-17(14-6-4-3-5-7-14)23-16-10-8-15(9-11-16)18(19,20)21/h3-11,17H,12-13H2,1-2H3. The summed E-state index contributed by atoms with van der Waals surface area (Å²) in [5.41, 5.74) is 0.589. The van der Waals surface area contributed by atoms with Gasteiger partial charge in [0.15, 0.2) is 0 Å². The van der Waals surface area contributed by atoms with Crippen LogP contribution in [0.2, 0.25) is 0 Å². The largest absolute Gasteiger partial charge is 0.416 e. The fourth-order valence-corrected chi connectivity index (χ4v) is 3.36. The minimum absolute atomic E-state index is 0.218. The molecule has 2 aromatic carbocycles. The van der Waals surface area contributed by atoms with Gasteiger partial charge in [-0.25, -0.2) is 0 Å². The van der Waals surface area contributed by atoms with Gasteiger partial charge in [0.2, 0.25) is 0 Å². The first kappa shape index (κ1) is 17.9. The first-order chi connectivity index (χ1) is 10.9. The Kier molecular flexibility index (Phi) is 6.13. The number of thioether (sulfide) groups is 1. The van der Waals surface area contributed by atoms with E-state index in [-0.39, 0.29) is 5.25 Å². The van der Waals surface area contributed by atoms with Crippen LogP contribution in [0.25, 0.3) is 0 Å². The van der Waals surface area contributed by atoms with Crippen molar-refractivity contribution in [2.75, 3.05) is 20.6 Å². The molecule has 0 N–H and O–H groups in total. The van der Waals surface area contributed by atoms with Gasteiger partial charge in [-0.3, -0.25) is 0 Å². The molecule has 0 spiro atoms. The highest BCUT2D eigenvalue weighted by Crippen LogP contribution is 2.39. The third kappa shape index (κ3) is 5.59. The molecular weight excluding hydrogens is 319 g/mol. The number of hydrogen-bond acceptors (Lipinski definition) is 2. The SMILES string of the molecule is CN(C)CCC(Sc1ccc(C(F)(F)F)cc1)c1ccccc1. The second-order valence-electron chi connectivity index (χ2n) is 5.63. The van der Waals surface area contributed by atoms with Crippen LogP contribution in [0.15, 0.2) is 59.5 Å². The summed E-state index contributed by atoms with van der Waals surface area (Å²) in [6.07, 6.45) is -3.35. The van der Waals surface area contributed by atoms with Crippen molar-refractivity contribution in [3.05, 3.63) is 65.7 Å². The van der Waals surface area contributed by atoms with E-state index in [1.165, 1.54) is 5.56 Å². The molecule has 0 amide bonds. The average molecular weight is 339 g/mol. The lowest BCUT2D eigenvalue weighted by Gasteiger charge is -2.20.